The third-order valence-corrected chi connectivity index (χ3v) is 2.01. The van der Waals surface area contributed by atoms with E-state index in [2.05, 4.69) is 49.4 Å². The Morgan fingerprint density at radius 1 is 1.18 bits per heavy atom. The van der Waals surface area contributed by atoms with Crippen LogP contribution in [0.2, 0.25) is 0 Å². The van der Waals surface area contributed by atoms with Gasteiger partial charge < -0.3 is 4.57 Å². The van der Waals surface area contributed by atoms with Gasteiger partial charge in [0.15, 0.2) is 0 Å². The van der Waals surface area contributed by atoms with Gasteiger partial charge in [-0.3, -0.25) is 0 Å². The van der Waals surface area contributed by atoms with Crippen molar-refractivity contribution in [1.29, 1.82) is 0 Å². The summed E-state index contributed by atoms with van der Waals surface area (Å²) < 4.78 is 2.08. The van der Waals surface area contributed by atoms with Gasteiger partial charge in [-0.15, -0.1) is 0 Å². The maximum Gasteiger partial charge on any atom is 0.0471 e. The highest BCUT2D eigenvalue weighted by Gasteiger charge is 1.98. The lowest BCUT2D eigenvalue weighted by Crippen LogP contribution is -1.88. The topological polar surface area (TPSA) is 4.93 Å². The number of aryl methyl sites for hydroxylation is 1. The van der Waals surface area contributed by atoms with E-state index in [1.165, 1.54) is 11.3 Å². The Labute approximate surface area is 108 Å². The molecule has 0 bridgehead atoms. The Morgan fingerprint density at radius 3 is 2.12 bits per heavy atom. The molecule has 0 saturated carbocycles. The van der Waals surface area contributed by atoms with Crippen LogP contribution >= 0.6 is 0 Å². The minimum atomic E-state index is 0.595. The molecular formula is C16H29N. The van der Waals surface area contributed by atoms with E-state index < -0.39 is 0 Å². The molecule has 0 aromatic carbocycles. The molecule has 1 rings (SSSR count). The Balaban J connectivity index is 0. The molecule has 0 N–H and O–H groups in total. The predicted molar refractivity (Wildman–Crippen MR) is 82.1 cm³/mol. The van der Waals surface area contributed by atoms with Crippen LogP contribution in [0.5, 0.6) is 0 Å². The van der Waals surface area contributed by atoms with E-state index in [0.29, 0.717) is 5.92 Å². The van der Waals surface area contributed by atoms with Gasteiger partial charge >= 0.3 is 0 Å². The van der Waals surface area contributed by atoms with E-state index in [1.807, 2.05) is 40.8 Å². The lowest BCUT2D eigenvalue weighted by molar-refractivity contribution is 0.836. The van der Waals surface area contributed by atoms with Crippen molar-refractivity contribution < 1.29 is 0 Å². The van der Waals surface area contributed by atoms with Crippen LogP contribution in [0.25, 0.3) is 12.2 Å². The summed E-state index contributed by atoms with van der Waals surface area (Å²) in [6.45, 7) is 16.1. The Kier molecular flexibility index (Phi) is 12.0. The summed E-state index contributed by atoms with van der Waals surface area (Å²) in [5, 5.41) is 0. The van der Waals surface area contributed by atoms with Crippen molar-refractivity contribution in [3.8, 4) is 0 Å². The van der Waals surface area contributed by atoms with Crippen molar-refractivity contribution in [1.82, 2.24) is 4.57 Å². The quantitative estimate of drug-likeness (QED) is 0.662. The lowest BCUT2D eigenvalue weighted by atomic mass is 10.1. The Hall–Kier alpha value is -1.24. The molecule has 0 atom stereocenters. The zero-order valence-electron chi connectivity index (χ0n) is 12.6. The average Bonchev–Trinajstić information content (AvgIpc) is 2.72. The molecule has 0 unspecified atom stereocenters. The smallest absolute Gasteiger partial charge is 0.0471 e. The first-order valence-electron chi connectivity index (χ1n) is 6.61. The van der Waals surface area contributed by atoms with Gasteiger partial charge in [-0.05, 0) is 23.6 Å². The second kappa shape index (κ2) is 11.3. The van der Waals surface area contributed by atoms with Crippen molar-refractivity contribution in [2.45, 2.75) is 41.5 Å². The molecule has 0 radical (unpaired) electrons. The number of hydrogen-bond donors (Lipinski definition) is 0. The first-order chi connectivity index (χ1) is 8.15. The molecule has 1 nitrogen and oxygen atoms in total. The molecular weight excluding hydrogens is 206 g/mol. The second-order valence-electron chi connectivity index (χ2n) is 3.57. The first-order valence-corrected chi connectivity index (χ1v) is 6.61. The van der Waals surface area contributed by atoms with Crippen LogP contribution in [0.3, 0.4) is 0 Å². The van der Waals surface area contributed by atoms with E-state index in [9.17, 15) is 0 Å². The summed E-state index contributed by atoms with van der Waals surface area (Å²) in [6, 6.07) is 2.11. The molecule has 1 heterocycles. The van der Waals surface area contributed by atoms with Crippen LogP contribution in [0, 0.1) is 5.92 Å². The molecule has 1 aromatic rings. The summed E-state index contributed by atoms with van der Waals surface area (Å²) in [5.74, 6) is 0.595. The molecule has 0 spiro atoms. The van der Waals surface area contributed by atoms with Crippen LogP contribution < -0.4 is 0 Å². The molecule has 17 heavy (non-hydrogen) atoms. The van der Waals surface area contributed by atoms with Crippen molar-refractivity contribution in [2.75, 3.05) is 0 Å². The number of nitrogens with zero attached hydrogens (tertiary/aromatic N) is 1. The van der Waals surface area contributed by atoms with Crippen molar-refractivity contribution in [2.24, 2.45) is 13.0 Å². The third-order valence-electron chi connectivity index (χ3n) is 2.01. The van der Waals surface area contributed by atoms with Gasteiger partial charge in [-0.25, -0.2) is 0 Å². The zero-order chi connectivity index (χ0) is 13.8. The summed E-state index contributed by atoms with van der Waals surface area (Å²) in [7, 11) is 2.03. The van der Waals surface area contributed by atoms with E-state index in [-0.39, 0.29) is 0 Å². The van der Waals surface area contributed by atoms with E-state index in [4.69, 9.17) is 0 Å². The number of hydrogen-bond acceptors (Lipinski definition) is 0. The Morgan fingerprint density at radius 2 is 1.71 bits per heavy atom. The zero-order valence-corrected chi connectivity index (χ0v) is 12.6. The summed E-state index contributed by atoms with van der Waals surface area (Å²) >= 11 is 0. The van der Waals surface area contributed by atoms with Gasteiger partial charge in [-0.2, -0.15) is 0 Å². The fourth-order valence-electron chi connectivity index (χ4n) is 1.26. The van der Waals surface area contributed by atoms with Gasteiger partial charge in [0.1, 0.15) is 0 Å². The average molecular weight is 235 g/mol. The highest BCUT2D eigenvalue weighted by Crippen LogP contribution is 2.14. The molecule has 0 aliphatic carbocycles. The number of allylic oxidation sites excluding steroid dienone is 1. The van der Waals surface area contributed by atoms with Crippen LogP contribution in [0.15, 0.2) is 24.9 Å². The molecule has 0 saturated heterocycles. The van der Waals surface area contributed by atoms with Gasteiger partial charge in [0.2, 0.25) is 0 Å². The van der Waals surface area contributed by atoms with Crippen molar-refractivity contribution in [3.05, 3.63) is 36.2 Å². The highest BCUT2D eigenvalue weighted by atomic mass is 14.9. The Bertz CT molecular complexity index is 316. The standard InChI is InChI=1S/C12H17N.2C2H6/c1-5-12-11(7-6-10(2)3)8-9-13(12)4;2*1-2/h5-10H,1H2,2-4H3;2*1-2H3/b7-6-;;. The minimum absolute atomic E-state index is 0.595. The molecule has 0 aliphatic rings. The second-order valence-corrected chi connectivity index (χ2v) is 3.57. The molecule has 0 aliphatic heterocycles. The van der Waals surface area contributed by atoms with Gasteiger partial charge in [0.25, 0.3) is 0 Å². The SMILES string of the molecule is C=Cc1c(/C=C\C(C)C)ccn1C.CC.CC. The number of aromatic nitrogens is 1. The monoisotopic (exact) mass is 235 g/mol. The molecule has 1 aromatic heterocycles. The van der Waals surface area contributed by atoms with E-state index in [1.54, 1.807) is 0 Å². The predicted octanol–water partition coefficient (Wildman–Crippen LogP) is 5.39. The summed E-state index contributed by atoms with van der Waals surface area (Å²) in [5.41, 5.74) is 2.42. The molecule has 98 valence electrons. The summed E-state index contributed by atoms with van der Waals surface area (Å²) in [6.07, 6.45) is 8.29. The fraction of sp³-hybridized carbons (Fsp3) is 0.500. The highest BCUT2D eigenvalue weighted by molar-refractivity contribution is 5.62. The van der Waals surface area contributed by atoms with Crippen molar-refractivity contribution in [3.63, 3.8) is 0 Å². The van der Waals surface area contributed by atoms with Gasteiger partial charge in [-0.1, -0.05) is 60.3 Å². The van der Waals surface area contributed by atoms with Crippen molar-refractivity contribution >= 4 is 12.2 Å². The lowest BCUT2D eigenvalue weighted by Gasteiger charge is -1.98. The van der Waals surface area contributed by atoms with E-state index >= 15 is 0 Å². The normalized spacial score (nSPS) is 9.41. The first kappa shape index (κ1) is 18.1. The maximum absolute atomic E-state index is 3.80. The fourth-order valence-corrected chi connectivity index (χ4v) is 1.26. The molecule has 0 amide bonds. The largest absolute Gasteiger partial charge is 0.351 e. The maximum atomic E-state index is 3.80. The summed E-state index contributed by atoms with van der Waals surface area (Å²) in [4.78, 5) is 0. The molecule has 1 heteroatoms. The van der Waals surface area contributed by atoms with Crippen LogP contribution in [0.1, 0.15) is 52.8 Å². The number of rotatable bonds is 3. The van der Waals surface area contributed by atoms with Crippen LogP contribution in [-0.4, -0.2) is 4.57 Å². The molecule has 0 fully saturated rings. The van der Waals surface area contributed by atoms with Crippen LogP contribution in [-0.2, 0) is 7.05 Å². The minimum Gasteiger partial charge on any atom is -0.351 e. The van der Waals surface area contributed by atoms with Gasteiger partial charge in [0, 0.05) is 18.9 Å². The van der Waals surface area contributed by atoms with Gasteiger partial charge in [0.05, 0.1) is 0 Å². The third kappa shape index (κ3) is 6.83. The van der Waals surface area contributed by atoms with Crippen LogP contribution in [0.4, 0.5) is 0 Å². The van der Waals surface area contributed by atoms with E-state index in [0.717, 1.165) is 0 Å².